The summed E-state index contributed by atoms with van der Waals surface area (Å²) in [5, 5.41) is 3.14. The first kappa shape index (κ1) is 14.3. The minimum Gasteiger partial charge on any atom is -0.322 e. The zero-order valence-corrected chi connectivity index (χ0v) is 12.9. The molecule has 0 unspecified atom stereocenters. The van der Waals surface area contributed by atoms with E-state index in [1.807, 2.05) is 0 Å². The molecule has 0 bridgehead atoms. The average molecular weight is 390 g/mol. The van der Waals surface area contributed by atoms with Crippen molar-refractivity contribution in [2.45, 2.75) is 6.92 Å². The van der Waals surface area contributed by atoms with Gasteiger partial charge in [0.2, 0.25) is 0 Å². The van der Waals surface area contributed by atoms with Crippen LogP contribution in [0.5, 0.6) is 0 Å². The second-order valence-corrected chi connectivity index (χ2v) is 5.64. The number of halogens is 3. The molecule has 2 aromatic carbocycles. The molecule has 0 saturated carbocycles. The van der Waals surface area contributed by atoms with E-state index in [1.165, 1.54) is 6.07 Å². The molecular formula is C14H10ClFINO. The molecule has 2 rings (SSSR count). The van der Waals surface area contributed by atoms with Crippen LogP contribution in [0.15, 0.2) is 36.4 Å². The van der Waals surface area contributed by atoms with Crippen LogP contribution in [0, 0.1) is 16.3 Å². The molecule has 1 N–H and O–H groups in total. The predicted octanol–water partition coefficient (Wildman–Crippen LogP) is 4.64. The van der Waals surface area contributed by atoms with E-state index in [0.717, 1.165) is 3.57 Å². The van der Waals surface area contributed by atoms with Crippen LogP contribution < -0.4 is 5.32 Å². The van der Waals surface area contributed by atoms with Gasteiger partial charge in [-0.3, -0.25) is 4.79 Å². The lowest BCUT2D eigenvalue weighted by Gasteiger charge is -2.08. The number of rotatable bonds is 2. The number of hydrogen-bond donors (Lipinski definition) is 1. The normalized spacial score (nSPS) is 10.3. The van der Waals surface area contributed by atoms with Crippen molar-refractivity contribution >= 4 is 45.8 Å². The van der Waals surface area contributed by atoms with Crippen molar-refractivity contribution in [3.8, 4) is 0 Å². The fourth-order valence-electron chi connectivity index (χ4n) is 1.54. The van der Waals surface area contributed by atoms with Crippen LogP contribution in [0.2, 0.25) is 5.02 Å². The van der Waals surface area contributed by atoms with Crippen LogP contribution in [0.3, 0.4) is 0 Å². The molecule has 0 fully saturated rings. The lowest BCUT2D eigenvalue weighted by molar-refractivity contribution is 0.102. The van der Waals surface area contributed by atoms with E-state index in [2.05, 4.69) is 27.9 Å². The maximum absolute atomic E-state index is 13.4. The van der Waals surface area contributed by atoms with E-state index in [9.17, 15) is 9.18 Å². The molecule has 0 aliphatic heterocycles. The first-order valence-corrected chi connectivity index (χ1v) is 6.95. The highest BCUT2D eigenvalue weighted by Gasteiger charge is 2.11. The summed E-state index contributed by atoms with van der Waals surface area (Å²) in [5.74, 6) is -0.659. The highest BCUT2D eigenvalue weighted by molar-refractivity contribution is 14.1. The van der Waals surface area contributed by atoms with Gasteiger partial charge in [0.15, 0.2) is 0 Å². The molecule has 2 aromatic rings. The fourth-order valence-corrected chi connectivity index (χ4v) is 2.29. The van der Waals surface area contributed by atoms with Crippen LogP contribution in [-0.2, 0) is 0 Å². The molecule has 0 aromatic heterocycles. The minimum absolute atomic E-state index is 0.310. The molecule has 0 heterocycles. The number of anilines is 1. The van der Waals surface area contributed by atoms with E-state index in [4.69, 9.17) is 11.6 Å². The number of carbonyl (C=O) groups excluding carboxylic acids is 1. The summed E-state index contributed by atoms with van der Waals surface area (Å²) in [4.78, 5) is 12.1. The Morgan fingerprint density at radius 3 is 2.68 bits per heavy atom. The van der Waals surface area contributed by atoms with E-state index in [0.29, 0.717) is 21.8 Å². The topological polar surface area (TPSA) is 29.1 Å². The van der Waals surface area contributed by atoms with Crippen molar-refractivity contribution in [3.63, 3.8) is 0 Å². The zero-order chi connectivity index (χ0) is 14.0. The van der Waals surface area contributed by atoms with Gasteiger partial charge in [-0.2, -0.15) is 0 Å². The zero-order valence-electron chi connectivity index (χ0n) is 10.0. The lowest BCUT2D eigenvalue weighted by atomic mass is 10.2. The van der Waals surface area contributed by atoms with E-state index < -0.39 is 0 Å². The van der Waals surface area contributed by atoms with Crippen molar-refractivity contribution in [2.75, 3.05) is 5.32 Å². The summed E-state index contributed by atoms with van der Waals surface area (Å²) in [6, 6.07) is 9.63. The summed E-state index contributed by atoms with van der Waals surface area (Å²) >= 11 is 7.92. The van der Waals surface area contributed by atoms with Crippen molar-refractivity contribution < 1.29 is 9.18 Å². The quantitative estimate of drug-likeness (QED) is 0.745. The third-order valence-electron chi connectivity index (χ3n) is 2.60. The van der Waals surface area contributed by atoms with Gasteiger partial charge in [0.25, 0.3) is 5.91 Å². The van der Waals surface area contributed by atoms with Crippen LogP contribution >= 0.6 is 34.2 Å². The van der Waals surface area contributed by atoms with Gasteiger partial charge in [-0.05, 0) is 65.4 Å². The van der Waals surface area contributed by atoms with Crippen LogP contribution in [0.25, 0.3) is 0 Å². The van der Waals surface area contributed by atoms with E-state index in [1.54, 1.807) is 37.3 Å². The van der Waals surface area contributed by atoms with Gasteiger partial charge in [-0.25, -0.2) is 4.39 Å². The first-order chi connectivity index (χ1) is 8.97. The highest BCUT2D eigenvalue weighted by atomic mass is 127. The molecule has 19 heavy (non-hydrogen) atoms. The van der Waals surface area contributed by atoms with Crippen molar-refractivity contribution in [1.82, 2.24) is 0 Å². The highest BCUT2D eigenvalue weighted by Crippen LogP contribution is 2.20. The van der Waals surface area contributed by atoms with E-state index >= 15 is 0 Å². The SMILES string of the molecule is Cc1ccc(NC(=O)c2cc(Cl)ccc2I)cc1F. The second kappa shape index (κ2) is 5.88. The Morgan fingerprint density at radius 1 is 1.26 bits per heavy atom. The number of nitrogens with one attached hydrogen (secondary N) is 1. The summed E-state index contributed by atoms with van der Waals surface area (Å²) in [6.07, 6.45) is 0. The smallest absolute Gasteiger partial charge is 0.256 e. The predicted molar refractivity (Wildman–Crippen MR) is 83.3 cm³/mol. The Hall–Kier alpha value is -1.14. The number of benzene rings is 2. The van der Waals surface area contributed by atoms with Gasteiger partial charge in [0.05, 0.1) is 5.56 Å². The molecule has 0 saturated heterocycles. The van der Waals surface area contributed by atoms with Crippen LogP contribution in [-0.4, -0.2) is 5.91 Å². The van der Waals surface area contributed by atoms with Gasteiger partial charge in [0, 0.05) is 14.3 Å². The maximum Gasteiger partial charge on any atom is 0.256 e. The van der Waals surface area contributed by atoms with Crippen molar-refractivity contribution in [3.05, 3.63) is 61.9 Å². The van der Waals surface area contributed by atoms with Gasteiger partial charge < -0.3 is 5.32 Å². The Bertz CT molecular complexity index is 645. The summed E-state index contributed by atoms with van der Waals surface area (Å²) in [6.45, 7) is 1.67. The Balaban J connectivity index is 2.25. The molecule has 0 aliphatic carbocycles. The third kappa shape index (κ3) is 3.45. The molecule has 0 atom stereocenters. The summed E-state index contributed by atoms with van der Waals surface area (Å²) < 4.78 is 14.2. The molecule has 5 heteroatoms. The molecule has 0 radical (unpaired) electrons. The van der Waals surface area contributed by atoms with Gasteiger partial charge in [0.1, 0.15) is 5.82 Å². The van der Waals surface area contributed by atoms with Gasteiger partial charge in [-0.15, -0.1) is 0 Å². The molecule has 1 amide bonds. The number of carbonyl (C=O) groups is 1. The Labute approximate surface area is 129 Å². The van der Waals surface area contributed by atoms with Gasteiger partial charge in [-0.1, -0.05) is 17.7 Å². The largest absolute Gasteiger partial charge is 0.322 e. The summed E-state index contributed by atoms with van der Waals surface area (Å²) in [7, 11) is 0. The fraction of sp³-hybridized carbons (Fsp3) is 0.0714. The number of amides is 1. The van der Waals surface area contributed by atoms with Crippen molar-refractivity contribution in [2.24, 2.45) is 0 Å². The molecule has 0 aliphatic rings. The Morgan fingerprint density at radius 2 is 2.00 bits per heavy atom. The third-order valence-corrected chi connectivity index (χ3v) is 3.78. The average Bonchev–Trinajstić information content (AvgIpc) is 2.36. The minimum atomic E-state index is -0.349. The molecule has 2 nitrogen and oxygen atoms in total. The number of hydrogen-bond acceptors (Lipinski definition) is 1. The van der Waals surface area contributed by atoms with Crippen LogP contribution in [0.1, 0.15) is 15.9 Å². The van der Waals surface area contributed by atoms with Crippen molar-refractivity contribution in [1.29, 1.82) is 0 Å². The standard InChI is InChI=1S/C14H10ClFINO/c1-8-2-4-10(7-12(8)16)18-14(19)11-6-9(15)3-5-13(11)17/h2-7H,1H3,(H,18,19). The van der Waals surface area contributed by atoms with E-state index in [-0.39, 0.29) is 11.7 Å². The first-order valence-electron chi connectivity index (χ1n) is 5.50. The molecule has 0 spiro atoms. The number of aryl methyl sites for hydroxylation is 1. The monoisotopic (exact) mass is 389 g/mol. The second-order valence-electron chi connectivity index (χ2n) is 4.04. The molecule has 98 valence electrons. The molecular weight excluding hydrogens is 380 g/mol. The Kier molecular flexibility index (Phi) is 4.42. The lowest BCUT2D eigenvalue weighted by Crippen LogP contribution is -2.13. The summed E-state index contributed by atoms with van der Waals surface area (Å²) in [5.41, 5.74) is 1.42. The maximum atomic E-state index is 13.4. The van der Waals surface area contributed by atoms with Gasteiger partial charge >= 0.3 is 0 Å². The van der Waals surface area contributed by atoms with Crippen LogP contribution in [0.4, 0.5) is 10.1 Å².